The second-order valence-corrected chi connectivity index (χ2v) is 6.11. The highest BCUT2D eigenvalue weighted by Crippen LogP contribution is 2.33. The van der Waals surface area contributed by atoms with Crippen LogP contribution in [0.3, 0.4) is 0 Å². The van der Waals surface area contributed by atoms with Gasteiger partial charge in [-0.25, -0.2) is 0 Å². The largest absolute Gasteiger partial charge is 0.420 e. The Morgan fingerprint density at radius 3 is 3.04 bits per heavy atom. The number of anilines is 1. The van der Waals surface area contributed by atoms with E-state index in [1.807, 2.05) is 13.2 Å². The van der Waals surface area contributed by atoms with Crippen molar-refractivity contribution in [3.05, 3.63) is 42.2 Å². The van der Waals surface area contributed by atoms with Crippen molar-refractivity contribution >= 4 is 16.6 Å². The lowest BCUT2D eigenvalue weighted by atomic mass is 10.0. The zero-order chi connectivity index (χ0) is 16.6. The maximum atomic E-state index is 5.85. The molecule has 1 aliphatic heterocycles. The number of rotatable bonds is 5. The number of hydrogen-bond acceptors (Lipinski definition) is 6. The van der Waals surface area contributed by atoms with E-state index >= 15 is 0 Å². The molecule has 0 amide bonds. The van der Waals surface area contributed by atoms with Crippen LogP contribution < -0.4 is 4.90 Å². The molecule has 0 spiro atoms. The second-order valence-electron chi connectivity index (χ2n) is 6.11. The van der Waals surface area contributed by atoms with E-state index in [1.54, 1.807) is 7.11 Å². The minimum Gasteiger partial charge on any atom is -0.420 e. The fraction of sp³-hybridized carbons (Fsp3) is 0.412. The summed E-state index contributed by atoms with van der Waals surface area (Å²) in [5.41, 5.74) is 1.58. The molecule has 1 N–H and O–H groups in total. The van der Waals surface area contributed by atoms with Gasteiger partial charge in [-0.3, -0.25) is 0 Å². The van der Waals surface area contributed by atoms with E-state index in [2.05, 4.69) is 44.3 Å². The van der Waals surface area contributed by atoms with Crippen molar-refractivity contribution in [2.24, 2.45) is 0 Å². The van der Waals surface area contributed by atoms with Crippen molar-refractivity contribution in [3.63, 3.8) is 0 Å². The topological polar surface area (TPSA) is 76.4 Å². The van der Waals surface area contributed by atoms with Gasteiger partial charge in [0.25, 0.3) is 5.89 Å². The van der Waals surface area contributed by atoms with Crippen LogP contribution in [0, 0.1) is 0 Å². The molecule has 3 aromatic rings. The molecule has 126 valence electrons. The van der Waals surface area contributed by atoms with Crippen LogP contribution in [0.4, 0.5) is 5.69 Å². The Balaban J connectivity index is 1.52. The highest BCUT2D eigenvalue weighted by Gasteiger charge is 2.42. The van der Waals surface area contributed by atoms with Gasteiger partial charge in [-0.05, 0) is 23.6 Å². The lowest BCUT2D eigenvalue weighted by molar-refractivity contribution is -0.0416. The van der Waals surface area contributed by atoms with Gasteiger partial charge < -0.3 is 23.8 Å². The monoisotopic (exact) mass is 328 g/mol. The third-order valence-corrected chi connectivity index (χ3v) is 4.58. The summed E-state index contributed by atoms with van der Waals surface area (Å²) < 4.78 is 16.9. The Labute approximate surface area is 139 Å². The van der Waals surface area contributed by atoms with Crippen LogP contribution in [0.2, 0.25) is 0 Å². The van der Waals surface area contributed by atoms with Crippen molar-refractivity contribution in [2.45, 2.75) is 18.6 Å². The molecular weight excluding hydrogens is 308 g/mol. The molecule has 24 heavy (non-hydrogen) atoms. The summed E-state index contributed by atoms with van der Waals surface area (Å²) in [6.07, 6.45) is 2.66. The quantitative estimate of drug-likeness (QED) is 0.775. The number of ether oxygens (including phenoxy) is 2. The first-order valence-electron chi connectivity index (χ1n) is 7.94. The highest BCUT2D eigenvalue weighted by atomic mass is 16.6. The van der Waals surface area contributed by atoms with E-state index in [0.717, 1.165) is 17.6 Å². The fourth-order valence-electron chi connectivity index (χ4n) is 3.03. The third kappa shape index (κ3) is 2.55. The molecule has 1 aliphatic rings. The standard InChI is InChI=1S/C17H20N4O3/c1-21(13-4-3-12-5-7-18-14(12)9-13)10-15-19-20-16(24-15)17(22-2)6-8-23-11-17/h3-5,7,9,18H,6,8,10-11H2,1-2H3. The smallest absolute Gasteiger partial charge is 0.250 e. The lowest BCUT2D eigenvalue weighted by Gasteiger charge is -2.21. The Bertz CT molecular complexity index is 835. The summed E-state index contributed by atoms with van der Waals surface area (Å²) in [5, 5.41) is 9.54. The van der Waals surface area contributed by atoms with E-state index in [0.29, 0.717) is 31.5 Å². The van der Waals surface area contributed by atoms with Gasteiger partial charge in [-0.1, -0.05) is 6.07 Å². The van der Waals surface area contributed by atoms with E-state index in [1.165, 1.54) is 5.39 Å². The van der Waals surface area contributed by atoms with Gasteiger partial charge in [0.15, 0.2) is 5.60 Å². The number of aromatic nitrogens is 3. The van der Waals surface area contributed by atoms with Crippen LogP contribution in [0.5, 0.6) is 0 Å². The number of nitrogens with one attached hydrogen (secondary N) is 1. The normalized spacial score (nSPS) is 20.8. The fourth-order valence-corrected chi connectivity index (χ4v) is 3.03. The molecule has 4 rings (SSSR count). The maximum absolute atomic E-state index is 5.85. The first kappa shape index (κ1) is 15.2. The molecule has 3 heterocycles. The minimum atomic E-state index is -0.604. The first-order chi connectivity index (χ1) is 11.7. The van der Waals surface area contributed by atoms with Gasteiger partial charge >= 0.3 is 0 Å². The van der Waals surface area contributed by atoms with Crippen LogP contribution >= 0.6 is 0 Å². The summed E-state index contributed by atoms with van der Waals surface area (Å²) in [6, 6.07) is 8.33. The van der Waals surface area contributed by atoms with Crippen LogP contribution in [0.15, 0.2) is 34.9 Å². The van der Waals surface area contributed by atoms with Gasteiger partial charge in [-0.2, -0.15) is 0 Å². The molecule has 0 aliphatic carbocycles. The molecule has 1 aromatic carbocycles. The van der Waals surface area contributed by atoms with Crippen molar-refractivity contribution in [3.8, 4) is 0 Å². The number of hydrogen-bond donors (Lipinski definition) is 1. The van der Waals surface area contributed by atoms with Crippen molar-refractivity contribution in [1.29, 1.82) is 0 Å². The molecule has 7 heteroatoms. The van der Waals surface area contributed by atoms with Crippen molar-refractivity contribution in [2.75, 3.05) is 32.3 Å². The summed E-state index contributed by atoms with van der Waals surface area (Å²) in [5.74, 6) is 1.05. The average molecular weight is 328 g/mol. The van der Waals surface area contributed by atoms with Crippen LogP contribution in [0.25, 0.3) is 10.9 Å². The molecule has 1 unspecified atom stereocenters. The molecule has 1 atom stereocenters. The molecule has 1 fully saturated rings. The Morgan fingerprint density at radius 2 is 2.25 bits per heavy atom. The summed E-state index contributed by atoms with van der Waals surface area (Å²) in [7, 11) is 3.65. The first-order valence-corrected chi connectivity index (χ1v) is 7.94. The van der Waals surface area contributed by atoms with Crippen molar-refractivity contribution in [1.82, 2.24) is 15.2 Å². The number of methoxy groups -OCH3 is 1. The van der Waals surface area contributed by atoms with Crippen LogP contribution in [0.1, 0.15) is 18.2 Å². The van der Waals surface area contributed by atoms with Gasteiger partial charge in [0.05, 0.1) is 19.8 Å². The van der Waals surface area contributed by atoms with Crippen molar-refractivity contribution < 1.29 is 13.9 Å². The molecule has 0 saturated carbocycles. The molecule has 7 nitrogen and oxygen atoms in total. The lowest BCUT2D eigenvalue weighted by Crippen LogP contribution is -2.29. The number of H-pyrrole nitrogens is 1. The number of aromatic amines is 1. The number of fused-ring (bicyclic) bond motifs is 1. The molecule has 0 bridgehead atoms. The average Bonchev–Trinajstić information content (AvgIpc) is 3.34. The zero-order valence-electron chi connectivity index (χ0n) is 13.8. The number of benzene rings is 1. The predicted molar refractivity (Wildman–Crippen MR) is 88.8 cm³/mol. The van der Waals surface area contributed by atoms with E-state index in [9.17, 15) is 0 Å². The molecular formula is C17H20N4O3. The zero-order valence-corrected chi connectivity index (χ0v) is 13.8. The summed E-state index contributed by atoms with van der Waals surface area (Å²) in [6.45, 7) is 1.62. The van der Waals surface area contributed by atoms with Gasteiger partial charge in [0.2, 0.25) is 5.89 Å². The predicted octanol–water partition coefficient (Wildman–Crippen LogP) is 2.45. The maximum Gasteiger partial charge on any atom is 0.250 e. The molecule has 1 saturated heterocycles. The minimum absolute atomic E-state index is 0.449. The second kappa shape index (κ2) is 5.92. The van der Waals surface area contributed by atoms with Gasteiger partial charge in [0, 0.05) is 38.0 Å². The molecule has 2 aromatic heterocycles. The summed E-state index contributed by atoms with van der Waals surface area (Å²) in [4.78, 5) is 5.30. The highest BCUT2D eigenvalue weighted by molar-refractivity contribution is 5.82. The van der Waals surface area contributed by atoms with Gasteiger partial charge in [-0.15, -0.1) is 10.2 Å². The Morgan fingerprint density at radius 1 is 1.33 bits per heavy atom. The van der Waals surface area contributed by atoms with Crippen LogP contribution in [-0.2, 0) is 21.6 Å². The SMILES string of the molecule is COC1(c2nnc(CN(C)c3ccc4cc[nH]c4c3)o2)CCOC1. The third-order valence-electron chi connectivity index (χ3n) is 4.58. The Hall–Kier alpha value is -2.38. The van der Waals surface area contributed by atoms with E-state index in [-0.39, 0.29) is 0 Å². The Kier molecular flexibility index (Phi) is 3.74. The van der Waals surface area contributed by atoms with E-state index in [4.69, 9.17) is 13.9 Å². The van der Waals surface area contributed by atoms with E-state index < -0.39 is 5.60 Å². The van der Waals surface area contributed by atoms with Gasteiger partial charge in [0.1, 0.15) is 0 Å². The molecule has 0 radical (unpaired) electrons. The van der Waals surface area contributed by atoms with Crippen LogP contribution in [-0.4, -0.2) is 42.6 Å². The summed E-state index contributed by atoms with van der Waals surface area (Å²) >= 11 is 0. The number of nitrogens with zero attached hydrogens (tertiary/aromatic N) is 3.